The molecule has 0 fully saturated rings. The van der Waals surface area contributed by atoms with Gasteiger partial charge in [0.25, 0.3) is 0 Å². The van der Waals surface area contributed by atoms with Crippen LogP contribution in [0.2, 0.25) is 0 Å². The lowest BCUT2D eigenvalue weighted by atomic mass is 9.97. The fourth-order valence-electron chi connectivity index (χ4n) is 7.61. The van der Waals surface area contributed by atoms with Crippen LogP contribution in [-0.2, 0) is 0 Å². The zero-order valence-electron chi connectivity index (χ0n) is 27.2. The summed E-state index contributed by atoms with van der Waals surface area (Å²) < 4.78 is 4.96. The molecule has 1 aliphatic carbocycles. The summed E-state index contributed by atoms with van der Waals surface area (Å²) in [6.45, 7) is 0. The van der Waals surface area contributed by atoms with Crippen molar-refractivity contribution < 1.29 is 0 Å². The maximum Gasteiger partial charge on any atom is 0.236 e. The van der Waals surface area contributed by atoms with Crippen LogP contribution in [0.4, 0.5) is 11.4 Å². The molecule has 1 aliphatic heterocycles. The molecule has 0 spiro atoms. The Bertz CT molecular complexity index is 2630. The molecule has 1 unspecified atom stereocenters. The van der Waals surface area contributed by atoms with Gasteiger partial charge >= 0.3 is 0 Å². The third-order valence-electron chi connectivity index (χ3n) is 9.87. The molecule has 234 valence electrons. The van der Waals surface area contributed by atoms with E-state index < -0.39 is 0 Å². The predicted octanol–water partition coefficient (Wildman–Crippen LogP) is 11.2. The molecule has 0 saturated heterocycles. The number of hydrogen-bond donors (Lipinski definition) is 0. The zero-order valence-corrected chi connectivity index (χ0v) is 27.2. The van der Waals surface area contributed by atoms with Crippen LogP contribution in [-0.4, -0.2) is 20.2 Å². The molecule has 0 bridgehead atoms. The van der Waals surface area contributed by atoms with E-state index in [0.717, 1.165) is 44.9 Å². The Balaban J connectivity index is 1.20. The first-order chi connectivity index (χ1) is 24.8. The fourth-order valence-corrected chi connectivity index (χ4v) is 7.61. The third kappa shape index (κ3) is 4.57. The van der Waals surface area contributed by atoms with E-state index in [1.165, 1.54) is 33.2 Å². The van der Waals surface area contributed by atoms with Gasteiger partial charge in [0.1, 0.15) is 11.6 Å². The van der Waals surface area contributed by atoms with Gasteiger partial charge in [-0.3, -0.25) is 0 Å². The second kappa shape index (κ2) is 11.5. The SMILES string of the molecule is C1=CC2=[N+](c3ccccc3)c3cc(-c4cccc(-c5nc(-c6ccccc6)cc(-c6ccccc6)n5)c4)cc4c5ccccc5n(c34)C2C=C1. The molecule has 50 heavy (non-hydrogen) atoms. The van der Waals surface area contributed by atoms with Crippen molar-refractivity contribution in [2.75, 3.05) is 0 Å². The second-order valence-corrected chi connectivity index (χ2v) is 12.8. The number of rotatable bonds is 5. The van der Waals surface area contributed by atoms with Crippen LogP contribution >= 0.6 is 0 Å². The summed E-state index contributed by atoms with van der Waals surface area (Å²) in [6.07, 6.45) is 8.89. The first-order valence-corrected chi connectivity index (χ1v) is 17.0. The molecule has 4 heteroatoms. The van der Waals surface area contributed by atoms with Gasteiger partial charge in [0, 0.05) is 51.7 Å². The van der Waals surface area contributed by atoms with Gasteiger partial charge in [-0.05, 0) is 35.4 Å². The molecule has 10 rings (SSSR count). The van der Waals surface area contributed by atoms with Crippen LogP contribution in [0.5, 0.6) is 0 Å². The molecular formula is C46H31N4+. The highest BCUT2D eigenvalue weighted by Crippen LogP contribution is 2.45. The van der Waals surface area contributed by atoms with E-state index in [2.05, 4.69) is 179 Å². The number of para-hydroxylation sites is 2. The molecule has 4 nitrogen and oxygen atoms in total. The quantitative estimate of drug-likeness (QED) is 0.176. The van der Waals surface area contributed by atoms with E-state index in [-0.39, 0.29) is 6.04 Å². The van der Waals surface area contributed by atoms with Crippen molar-refractivity contribution in [3.63, 3.8) is 0 Å². The van der Waals surface area contributed by atoms with Gasteiger partial charge in [-0.15, -0.1) is 0 Å². The summed E-state index contributed by atoms with van der Waals surface area (Å²) in [6, 6.07) is 55.8. The summed E-state index contributed by atoms with van der Waals surface area (Å²) in [4.78, 5) is 10.3. The van der Waals surface area contributed by atoms with Gasteiger partial charge < -0.3 is 4.57 Å². The number of nitrogens with zero attached hydrogens (tertiary/aromatic N) is 4. The Morgan fingerprint density at radius 3 is 1.88 bits per heavy atom. The van der Waals surface area contributed by atoms with Crippen LogP contribution in [0.1, 0.15) is 6.04 Å². The highest BCUT2D eigenvalue weighted by atomic mass is 15.2. The minimum absolute atomic E-state index is 0.0946. The fraction of sp³-hybridized carbons (Fsp3) is 0.0217. The lowest BCUT2D eigenvalue weighted by Crippen LogP contribution is -2.30. The molecule has 2 aliphatic rings. The van der Waals surface area contributed by atoms with Crippen molar-refractivity contribution in [1.29, 1.82) is 0 Å². The van der Waals surface area contributed by atoms with Gasteiger partial charge in [-0.1, -0.05) is 133 Å². The molecular weight excluding hydrogens is 609 g/mol. The Morgan fingerprint density at radius 1 is 0.500 bits per heavy atom. The summed E-state index contributed by atoms with van der Waals surface area (Å²) in [5, 5.41) is 2.50. The summed E-state index contributed by atoms with van der Waals surface area (Å²) in [5.74, 6) is 0.703. The number of fused-ring (bicyclic) bond motifs is 5. The van der Waals surface area contributed by atoms with Gasteiger partial charge in [-0.25, -0.2) is 9.97 Å². The smallest absolute Gasteiger partial charge is 0.236 e. The molecule has 0 N–H and O–H groups in total. The molecule has 2 aromatic heterocycles. The zero-order chi connectivity index (χ0) is 33.0. The number of hydrogen-bond acceptors (Lipinski definition) is 2. The number of benzene rings is 6. The van der Waals surface area contributed by atoms with Crippen LogP contribution in [0.25, 0.3) is 66.8 Å². The van der Waals surface area contributed by atoms with Crippen LogP contribution in [0.3, 0.4) is 0 Å². The van der Waals surface area contributed by atoms with Crippen molar-refractivity contribution >= 4 is 38.9 Å². The normalized spacial score (nSPS) is 14.8. The first kappa shape index (κ1) is 28.4. The minimum Gasteiger partial charge on any atom is -0.318 e. The van der Waals surface area contributed by atoms with Crippen LogP contribution < -0.4 is 4.58 Å². The van der Waals surface area contributed by atoms with Crippen molar-refractivity contribution in [1.82, 2.24) is 19.1 Å². The Kier molecular flexibility index (Phi) is 6.53. The van der Waals surface area contributed by atoms with E-state index in [1.54, 1.807) is 0 Å². The van der Waals surface area contributed by atoms with Crippen molar-refractivity contribution in [2.24, 2.45) is 0 Å². The van der Waals surface area contributed by atoms with E-state index >= 15 is 0 Å². The molecule has 0 radical (unpaired) electrons. The first-order valence-electron chi connectivity index (χ1n) is 17.0. The van der Waals surface area contributed by atoms with Gasteiger partial charge in [0.15, 0.2) is 5.82 Å². The minimum atomic E-state index is 0.0946. The number of aromatic nitrogens is 3. The molecule has 0 amide bonds. The molecule has 3 heterocycles. The van der Waals surface area contributed by atoms with E-state index in [4.69, 9.17) is 9.97 Å². The maximum absolute atomic E-state index is 5.13. The Labute approximate surface area is 290 Å². The average Bonchev–Trinajstić information content (AvgIpc) is 3.54. The maximum atomic E-state index is 5.13. The second-order valence-electron chi connectivity index (χ2n) is 12.8. The predicted molar refractivity (Wildman–Crippen MR) is 207 cm³/mol. The van der Waals surface area contributed by atoms with Crippen molar-refractivity contribution in [2.45, 2.75) is 6.04 Å². The Morgan fingerprint density at radius 2 is 1.14 bits per heavy atom. The number of allylic oxidation sites excluding steroid dienone is 4. The highest BCUT2D eigenvalue weighted by Gasteiger charge is 2.37. The molecule has 6 aromatic carbocycles. The van der Waals surface area contributed by atoms with Gasteiger partial charge in [-0.2, -0.15) is 4.58 Å². The van der Waals surface area contributed by atoms with E-state index in [9.17, 15) is 0 Å². The van der Waals surface area contributed by atoms with Crippen LogP contribution in [0.15, 0.2) is 182 Å². The molecule has 8 aromatic rings. The summed E-state index contributed by atoms with van der Waals surface area (Å²) >= 11 is 0. The lowest BCUT2D eigenvalue weighted by Gasteiger charge is -2.25. The van der Waals surface area contributed by atoms with E-state index in [1.807, 2.05) is 12.1 Å². The van der Waals surface area contributed by atoms with E-state index in [0.29, 0.717) is 5.82 Å². The molecule has 0 saturated carbocycles. The standard InChI is InChI=1S/C46H31N4/c1-4-15-31(16-5-1)39-30-40(32-17-6-2-7-18-32)48-46(47-39)34-20-14-19-33(27-34)35-28-38-37-23-10-11-24-41(37)50-43-26-13-12-25-42(43)49(44(29-35)45(38)50)36-21-8-3-9-22-36/h1-30,43H/q+1. The lowest BCUT2D eigenvalue weighted by molar-refractivity contribution is 0.781. The van der Waals surface area contributed by atoms with Crippen LogP contribution in [0, 0.1) is 0 Å². The Hall–Kier alpha value is -6.65. The van der Waals surface area contributed by atoms with Gasteiger partial charge in [0.05, 0.1) is 16.9 Å². The third-order valence-corrected chi connectivity index (χ3v) is 9.87. The largest absolute Gasteiger partial charge is 0.318 e. The average molecular weight is 640 g/mol. The van der Waals surface area contributed by atoms with Crippen molar-refractivity contribution in [3.05, 3.63) is 182 Å². The summed E-state index contributed by atoms with van der Waals surface area (Å²) in [7, 11) is 0. The topological polar surface area (TPSA) is 33.7 Å². The highest BCUT2D eigenvalue weighted by molar-refractivity contribution is 6.19. The van der Waals surface area contributed by atoms with Gasteiger partial charge in [0.2, 0.25) is 17.1 Å². The van der Waals surface area contributed by atoms with Crippen molar-refractivity contribution in [3.8, 4) is 45.0 Å². The molecule has 1 atom stereocenters. The monoisotopic (exact) mass is 639 g/mol. The summed E-state index contributed by atoms with van der Waals surface area (Å²) in [5.41, 5.74) is 13.2.